The van der Waals surface area contributed by atoms with Gasteiger partial charge in [0, 0.05) is 11.4 Å². The molecule has 0 unspecified atom stereocenters. The lowest BCUT2D eigenvalue weighted by atomic mass is 10.3. The van der Waals surface area contributed by atoms with Gasteiger partial charge in [-0.3, -0.25) is 4.79 Å². The summed E-state index contributed by atoms with van der Waals surface area (Å²) in [6, 6.07) is 1.86. The van der Waals surface area contributed by atoms with Crippen molar-refractivity contribution in [3.05, 3.63) is 28.6 Å². The monoisotopic (exact) mass is 267 g/mol. The van der Waals surface area contributed by atoms with Gasteiger partial charge in [-0.25, -0.2) is 4.98 Å². The molecule has 0 saturated heterocycles. The van der Waals surface area contributed by atoms with Crippen molar-refractivity contribution in [2.75, 3.05) is 12.4 Å². The topological polar surface area (TPSA) is 77.2 Å². The molecular weight excluding hydrogens is 254 g/mol. The van der Waals surface area contributed by atoms with E-state index in [2.05, 4.69) is 20.2 Å². The number of nitrogens with zero attached hydrogens (tertiary/aromatic N) is 2. The summed E-state index contributed by atoms with van der Waals surface area (Å²) in [5.41, 5.74) is 1.54. The summed E-state index contributed by atoms with van der Waals surface area (Å²) >= 11 is 1.44. The van der Waals surface area contributed by atoms with E-state index in [1.807, 2.05) is 18.4 Å². The molecule has 0 saturated carbocycles. The zero-order valence-electron chi connectivity index (χ0n) is 10.1. The summed E-state index contributed by atoms with van der Waals surface area (Å²) in [5, 5.41) is 9.46. The number of aryl methyl sites for hydroxylation is 1. The largest absolute Gasteiger partial charge is 0.469 e. The van der Waals surface area contributed by atoms with Gasteiger partial charge in [0.25, 0.3) is 0 Å². The number of nitrogens with one attached hydrogen (secondary N) is 1. The van der Waals surface area contributed by atoms with Crippen LogP contribution in [0.15, 0.2) is 16.0 Å². The normalized spacial score (nSPS) is 10.3. The minimum absolute atomic E-state index is 0.191. The Morgan fingerprint density at radius 1 is 1.61 bits per heavy atom. The van der Waals surface area contributed by atoms with Crippen LogP contribution in [0.4, 0.5) is 5.13 Å². The number of aromatic nitrogens is 2. The predicted molar refractivity (Wildman–Crippen MR) is 66.4 cm³/mol. The van der Waals surface area contributed by atoms with Crippen LogP contribution >= 0.6 is 11.3 Å². The third-order valence-corrected chi connectivity index (χ3v) is 3.04. The van der Waals surface area contributed by atoms with E-state index in [9.17, 15) is 4.79 Å². The minimum Gasteiger partial charge on any atom is -0.469 e. The number of thiazole rings is 1. The molecule has 96 valence electrons. The highest BCUT2D eigenvalue weighted by Gasteiger charge is 2.08. The van der Waals surface area contributed by atoms with Gasteiger partial charge in [-0.05, 0) is 6.92 Å². The highest BCUT2D eigenvalue weighted by Crippen LogP contribution is 2.17. The molecule has 0 aliphatic rings. The number of anilines is 1. The van der Waals surface area contributed by atoms with Crippen LogP contribution in [0.25, 0.3) is 0 Å². The maximum atomic E-state index is 11.1. The molecule has 2 heterocycles. The first-order chi connectivity index (χ1) is 8.67. The second kappa shape index (κ2) is 5.63. The summed E-state index contributed by atoms with van der Waals surface area (Å²) in [6.45, 7) is 2.39. The maximum absolute atomic E-state index is 11.1. The average Bonchev–Trinajstić information content (AvgIpc) is 2.96. The Bertz CT molecular complexity index is 535. The summed E-state index contributed by atoms with van der Waals surface area (Å²) in [7, 11) is 1.36. The fraction of sp³-hybridized carbons (Fsp3) is 0.364. The van der Waals surface area contributed by atoms with Crippen LogP contribution in [-0.4, -0.2) is 23.2 Å². The number of esters is 1. The van der Waals surface area contributed by atoms with Gasteiger partial charge in [0.15, 0.2) is 10.9 Å². The van der Waals surface area contributed by atoms with Crippen molar-refractivity contribution in [3.63, 3.8) is 0 Å². The number of carbonyl (C=O) groups is 1. The SMILES string of the molecule is COC(=O)Cc1csc(NCc2cc(C)no2)n1. The van der Waals surface area contributed by atoms with Crippen LogP contribution in [-0.2, 0) is 22.5 Å². The van der Waals surface area contributed by atoms with Crippen molar-refractivity contribution >= 4 is 22.4 Å². The molecule has 1 N–H and O–H groups in total. The lowest BCUT2D eigenvalue weighted by Gasteiger charge is -1.97. The maximum Gasteiger partial charge on any atom is 0.311 e. The molecule has 0 spiro atoms. The first-order valence-electron chi connectivity index (χ1n) is 5.34. The standard InChI is InChI=1S/C11H13N3O3S/c1-7-3-9(17-14-7)5-12-11-13-8(6-18-11)4-10(15)16-2/h3,6H,4-5H2,1-2H3,(H,12,13). The fourth-order valence-electron chi connectivity index (χ4n) is 1.35. The van der Waals surface area contributed by atoms with E-state index >= 15 is 0 Å². The van der Waals surface area contributed by atoms with E-state index < -0.39 is 0 Å². The number of hydrogen-bond donors (Lipinski definition) is 1. The van der Waals surface area contributed by atoms with Crippen LogP contribution in [0.3, 0.4) is 0 Å². The van der Waals surface area contributed by atoms with Gasteiger partial charge in [-0.15, -0.1) is 11.3 Å². The second-order valence-corrected chi connectivity index (χ2v) is 4.54. The number of carbonyl (C=O) groups excluding carboxylic acids is 1. The molecule has 7 heteroatoms. The number of ether oxygens (including phenoxy) is 1. The van der Waals surface area contributed by atoms with E-state index in [0.29, 0.717) is 12.2 Å². The molecule has 0 fully saturated rings. The third-order valence-electron chi connectivity index (χ3n) is 2.20. The van der Waals surface area contributed by atoms with E-state index in [1.54, 1.807) is 0 Å². The summed E-state index contributed by atoms with van der Waals surface area (Å²) in [6.07, 6.45) is 0.191. The van der Waals surface area contributed by atoms with Crippen LogP contribution < -0.4 is 5.32 Å². The predicted octanol–water partition coefficient (Wildman–Crippen LogP) is 1.77. The lowest BCUT2D eigenvalue weighted by Crippen LogP contribution is -2.05. The molecule has 0 radical (unpaired) electrons. The van der Waals surface area contributed by atoms with Gasteiger partial charge >= 0.3 is 5.97 Å². The lowest BCUT2D eigenvalue weighted by molar-refractivity contribution is -0.139. The summed E-state index contributed by atoms with van der Waals surface area (Å²) < 4.78 is 9.64. The average molecular weight is 267 g/mol. The smallest absolute Gasteiger partial charge is 0.311 e. The van der Waals surface area contributed by atoms with Gasteiger partial charge in [-0.1, -0.05) is 5.16 Å². The van der Waals surface area contributed by atoms with E-state index in [4.69, 9.17) is 4.52 Å². The van der Waals surface area contributed by atoms with Crippen molar-refractivity contribution in [2.24, 2.45) is 0 Å². The van der Waals surface area contributed by atoms with Crippen LogP contribution in [0, 0.1) is 6.92 Å². The molecule has 0 aliphatic carbocycles. The van der Waals surface area contributed by atoms with E-state index in [1.165, 1.54) is 18.4 Å². The molecule has 0 amide bonds. The fourth-order valence-corrected chi connectivity index (χ4v) is 2.06. The molecule has 2 rings (SSSR count). The highest BCUT2D eigenvalue weighted by molar-refractivity contribution is 7.13. The molecule has 2 aromatic heterocycles. The molecule has 0 bridgehead atoms. The molecule has 0 aliphatic heterocycles. The Morgan fingerprint density at radius 2 is 2.44 bits per heavy atom. The number of rotatable bonds is 5. The van der Waals surface area contributed by atoms with Crippen LogP contribution in [0.5, 0.6) is 0 Å². The van der Waals surface area contributed by atoms with E-state index in [0.717, 1.165) is 16.6 Å². The number of methoxy groups -OCH3 is 1. The zero-order chi connectivity index (χ0) is 13.0. The summed E-state index contributed by atoms with van der Waals surface area (Å²) in [5.74, 6) is 0.454. The minimum atomic E-state index is -0.294. The van der Waals surface area contributed by atoms with E-state index in [-0.39, 0.29) is 12.4 Å². The second-order valence-electron chi connectivity index (χ2n) is 3.69. The molecule has 0 aromatic carbocycles. The Balaban J connectivity index is 1.88. The van der Waals surface area contributed by atoms with Crippen molar-refractivity contribution in [3.8, 4) is 0 Å². The Kier molecular flexibility index (Phi) is 3.93. The molecule has 2 aromatic rings. The Morgan fingerprint density at radius 3 is 3.11 bits per heavy atom. The van der Waals surface area contributed by atoms with Gasteiger partial charge in [0.2, 0.25) is 0 Å². The van der Waals surface area contributed by atoms with Gasteiger partial charge < -0.3 is 14.6 Å². The molecule has 18 heavy (non-hydrogen) atoms. The quantitative estimate of drug-likeness (QED) is 0.832. The van der Waals surface area contributed by atoms with Crippen molar-refractivity contribution in [1.82, 2.24) is 10.1 Å². The zero-order valence-corrected chi connectivity index (χ0v) is 10.9. The highest BCUT2D eigenvalue weighted by atomic mass is 32.1. The van der Waals surface area contributed by atoms with Crippen LogP contribution in [0.2, 0.25) is 0 Å². The van der Waals surface area contributed by atoms with Gasteiger partial charge in [0.1, 0.15) is 0 Å². The molecule has 0 atom stereocenters. The summed E-state index contributed by atoms with van der Waals surface area (Å²) in [4.78, 5) is 15.3. The Hall–Kier alpha value is -1.89. The molecular formula is C11H13N3O3S. The first kappa shape index (κ1) is 12.6. The number of hydrogen-bond acceptors (Lipinski definition) is 7. The first-order valence-corrected chi connectivity index (χ1v) is 6.22. The van der Waals surface area contributed by atoms with Gasteiger partial charge in [0.05, 0.1) is 31.5 Å². The third kappa shape index (κ3) is 3.30. The van der Waals surface area contributed by atoms with Gasteiger partial charge in [-0.2, -0.15) is 0 Å². The Labute approximate surface area is 108 Å². The van der Waals surface area contributed by atoms with Crippen molar-refractivity contribution in [2.45, 2.75) is 19.9 Å². The molecule has 6 nitrogen and oxygen atoms in total. The van der Waals surface area contributed by atoms with Crippen molar-refractivity contribution in [1.29, 1.82) is 0 Å². The van der Waals surface area contributed by atoms with Crippen LogP contribution in [0.1, 0.15) is 17.1 Å². The van der Waals surface area contributed by atoms with Crippen molar-refractivity contribution < 1.29 is 14.1 Å².